The average Bonchev–Trinajstić information content (AvgIpc) is 3.44. The third-order valence-electron chi connectivity index (χ3n) is 7.04. The number of rotatable bonds is 10. The predicted molar refractivity (Wildman–Crippen MR) is 130 cm³/mol. The van der Waals surface area contributed by atoms with Crippen LogP contribution >= 0.6 is 0 Å². The van der Waals surface area contributed by atoms with Gasteiger partial charge in [0.25, 0.3) is 0 Å². The number of unbranched alkanes of at least 4 members (excludes halogenated alkanes) is 1. The first-order valence-electron chi connectivity index (χ1n) is 12.0. The van der Waals surface area contributed by atoms with E-state index in [1.54, 1.807) is 12.1 Å². The van der Waals surface area contributed by atoms with E-state index < -0.39 is 5.97 Å². The van der Waals surface area contributed by atoms with E-state index in [4.69, 9.17) is 15.2 Å². The van der Waals surface area contributed by atoms with Gasteiger partial charge in [-0.05, 0) is 85.7 Å². The molecule has 3 atom stereocenters. The number of nitrogens with two attached hydrogens (primary N) is 1. The van der Waals surface area contributed by atoms with Crippen molar-refractivity contribution in [3.8, 4) is 22.8 Å². The van der Waals surface area contributed by atoms with Gasteiger partial charge in [-0.25, -0.2) is 9.37 Å². The molecule has 1 aromatic heterocycles. The fourth-order valence-electron chi connectivity index (χ4n) is 5.18. The number of aliphatic carboxylic acids is 1. The van der Waals surface area contributed by atoms with Crippen LogP contribution in [0, 0.1) is 24.6 Å². The first-order valence-corrected chi connectivity index (χ1v) is 12.0. The Bertz CT molecular complexity index is 1260. The molecule has 2 aliphatic carbocycles. The van der Waals surface area contributed by atoms with E-state index in [0.717, 1.165) is 47.2 Å². The van der Waals surface area contributed by atoms with Crippen LogP contribution in [0.25, 0.3) is 11.1 Å². The maximum atomic E-state index is 14.6. The number of nitrogens with zero attached hydrogens (tertiary/aromatic N) is 1. The Hall–Kier alpha value is -3.45. The van der Waals surface area contributed by atoms with E-state index in [-0.39, 0.29) is 30.2 Å². The Morgan fingerprint density at radius 3 is 2.77 bits per heavy atom. The standard InChI is InChI=1S/C28H29FN2O4/c1-16-21(7-9-25(31-16)34-11-3-2-10-30)17-4-8-24(29)19(12-17)15-35-20-5-6-22-18(13-20)14-23-26(22)27(23)28(32)33/h4-9,12-13,23,26-27H,2-3,10-11,14-15,30H2,1H3,(H,32,33)/t23-,26+,27+/m1/s1. The van der Waals surface area contributed by atoms with Gasteiger partial charge >= 0.3 is 5.97 Å². The zero-order valence-electron chi connectivity index (χ0n) is 19.7. The number of hydrogen-bond donors (Lipinski definition) is 2. The molecule has 3 N–H and O–H groups in total. The maximum absolute atomic E-state index is 14.6. The van der Waals surface area contributed by atoms with E-state index in [9.17, 15) is 14.3 Å². The van der Waals surface area contributed by atoms with E-state index in [1.807, 2.05) is 37.3 Å². The fraction of sp³-hybridized carbons (Fsp3) is 0.357. The van der Waals surface area contributed by atoms with E-state index in [0.29, 0.717) is 30.3 Å². The number of carbonyl (C=O) groups is 1. The molecule has 1 fully saturated rings. The monoisotopic (exact) mass is 476 g/mol. The molecular weight excluding hydrogens is 447 g/mol. The molecule has 0 spiro atoms. The second-order valence-corrected chi connectivity index (χ2v) is 9.34. The molecule has 0 radical (unpaired) electrons. The van der Waals surface area contributed by atoms with Crippen LogP contribution in [-0.2, 0) is 17.8 Å². The van der Waals surface area contributed by atoms with Crippen LogP contribution in [0.15, 0.2) is 48.5 Å². The summed E-state index contributed by atoms with van der Waals surface area (Å²) in [5, 5.41) is 9.29. The summed E-state index contributed by atoms with van der Waals surface area (Å²) >= 11 is 0. The van der Waals surface area contributed by atoms with Crippen LogP contribution in [0.3, 0.4) is 0 Å². The molecule has 5 rings (SSSR count). The van der Waals surface area contributed by atoms with Crippen LogP contribution in [0.1, 0.15) is 41.1 Å². The van der Waals surface area contributed by atoms with Crippen molar-refractivity contribution < 1.29 is 23.8 Å². The summed E-state index contributed by atoms with van der Waals surface area (Å²) < 4.78 is 26.2. The molecule has 2 aliphatic rings. The third-order valence-corrected chi connectivity index (χ3v) is 7.04. The van der Waals surface area contributed by atoms with Gasteiger partial charge in [-0.2, -0.15) is 0 Å². The Morgan fingerprint density at radius 1 is 1.14 bits per heavy atom. The second-order valence-electron chi connectivity index (χ2n) is 9.34. The third kappa shape index (κ3) is 4.73. The molecule has 0 saturated heterocycles. The zero-order valence-corrected chi connectivity index (χ0v) is 19.7. The smallest absolute Gasteiger partial charge is 0.307 e. The van der Waals surface area contributed by atoms with Gasteiger partial charge in [-0.3, -0.25) is 4.79 Å². The molecule has 0 bridgehead atoms. The van der Waals surface area contributed by atoms with Gasteiger partial charge in [0, 0.05) is 28.8 Å². The van der Waals surface area contributed by atoms with Gasteiger partial charge in [-0.15, -0.1) is 0 Å². The topological polar surface area (TPSA) is 94.7 Å². The quantitative estimate of drug-likeness (QED) is 0.406. The minimum atomic E-state index is -0.712. The Morgan fingerprint density at radius 2 is 2.00 bits per heavy atom. The second kappa shape index (κ2) is 9.66. The number of aromatic nitrogens is 1. The number of carboxylic acid groups (broad SMARTS) is 1. The highest BCUT2D eigenvalue weighted by Crippen LogP contribution is 2.61. The highest BCUT2D eigenvalue weighted by molar-refractivity contribution is 5.78. The van der Waals surface area contributed by atoms with Crippen molar-refractivity contribution >= 4 is 5.97 Å². The highest BCUT2D eigenvalue weighted by atomic mass is 19.1. The van der Waals surface area contributed by atoms with Crippen molar-refractivity contribution in [1.82, 2.24) is 4.98 Å². The summed E-state index contributed by atoms with van der Waals surface area (Å²) in [6, 6.07) is 14.5. The predicted octanol–water partition coefficient (Wildman–Crippen LogP) is 4.86. The molecule has 35 heavy (non-hydrogen) atoms. The minimum absolute atomic E-state index is 0.0951. The number of halogens is 1. The first-order chi connectivity index (χ1) is 17.0. The fourth-order valence-corrected chi connectivity index (χ4v) is 5.18. The summed E-state index contributed by atoms with van der Waals surface area (Å²) in [7, 11) is 0. The molecule has 2 aromatic carbocycles. The lowest BCUT2D eigenvalue weighted by atomic mass is 10.0. The summed E-state index contributed by atoms with van der Waals surface area (Å²) in [6.45, 7) is 3.22. The van der Waals surface area contributed by atoms with Crippen molar-refractivity contribution in [2.45, 2.75) is 38.7 Å². The van der Waals surface area contributed by atoms with Crippen molar-refractivity contribution in [3.63, 3.8) is 0 Å². The SMILES string of the molecule is Cc1nc(OCCCCN)ccc1-c1ccc(F)c(COc2ccc3c(c2)C[C@H]2[C@H](C(=O)O)[C@@H]32)c1. The number of aryl methyl sites for hydroxylation is 1. The maximum Gasteiger partial charge on any atom is 0.307 e. The number of pyridine rings is 1. The lowest BCUT2D eigenvalue weighted by Crippen LogP contribution is -2.05. The zero-order chi connectivity index (χ0) is 24.5. The molecule has 0 amide bonds. The largest absolute Gasteiger partial charge is 0.489 e. The van der Waals surface area contributed by atoms with Gasteiger partial charge < -0.3 is 20.3 Å². The van der Waals surface area contributed by atoms with Crippen LogP contribution < -0.4 is 15.2 Å². The number of ether oxygens (including phenoxy) is 2. The Balaban J connectivity index is 1.25. The minimum Gasteiger partial charge on any atom is -0.489 e. The van der Waals surface area contributed by atoms with Gasteiger partial charge in [0.15, 0.2) is 0 Å². The molecule has 0 unspecified atom stereocenters. The Kier molecular flexibility index (Phi) is 6.43. The Labute approximate surface area is 203 Å². The number of fused-ring (bicyclic) bond motifs is 3. The summed E-state index contributed by atoms with van der Waals surface area (Å²) in [6.07, 6.45) is 2.56. The summed E-state index contributed by atoms with van der Waals surface area (Å²) in [5.74, 6) is 0.272. The van der Waals surface area contributed by atoms with Crippen LogP contribution in [0.5, 0.6) is 11.6 Å². The molecule has 0 aliphatic heterocycles. The van der Waals surface area contributed by atoms with Gasteiger partial charge in [0.1, 0.15) is 18.2 Å². The van der Waals surface area contributed by atoms with Gasteiger partial charge in [-0.1, -0.05) is 12.1 Å². The highest BCUT2D eigenvalue weighted by Gasteiger charge is 2.59. The molecular formula is C28H29FN2O4. The van der Waals surface area contributed by atoms with Gasteiger partial charge in [0.05, 0.1) is 12.5 Å². The summed E-state index contributed by atoms with van der Waals surface area (Å²) in [5.41, 5.74) is 10.8. The molecule has 182 valence electrons. The van der Waals surface area contributed by atoms with Crippen molar-refractivity contribution in [1.29, 1.82) is 0 Å². The van der Waals surface area contributed by atoms with E-state index >= 15 is 0 Å². The van der Waals surface area contributed by atoms with Crippen molar-refractivity contribution in [2.24, 2.45) is 17.6 Å². The molecule has 3 aromatic rings. The van der Waals surface area contributed by atoms with Crippen LogP contribution in [0.4, 0.5) is 4.39 Å². The van der Waals surface area contributed by atoms with Crippen molar-refractivity contribution in [2.75, 3.05) is 13.2 Å². The lowest BCUT2D eigenvalue weighted by Gasteiger charge is -2.13. The van der Waals surface area contributed by atoms with Gasteiger partial charge in [0.2, 0.25) is 5.88 Å². The van der Waals surface area contributed by atoms with Crippen LogP contribution in [0.2, 0.25) is 0 Å². The molecule has 6 nitrogen and oxygen atoms in total. The van der Waals surface area contributed by atoms with Crippen molar-refractivity contribution in [3.05, 3.63) is 76.7 Å². The van der Waals surface area contributed by atoms with E-state index in [2.05, 4.69) is 4.98 Å². The lowest BCUT2D eigenvalue weighted by molar-refractivity contribution is -0.139. The molecule has 7 heteroatoms. The molecule has 1 heterocycles. The normalized spacial score (nSPS) is 19.7. The summed E-state index contributed by atoms with van der Waals surface area (Å²) in [4.78, 5) is 15.8. The van der Waals surface area contributed by atoms with Crippen LogP contribution in [-0.4, -0.2) is 29.2 Å². The number of carboxylic acids is 1. The van der Waals surface area contributed by atoms with E-state index in [1.165, 1.54) is 6.07 Å². The number of hydrogen-bond acceptors (Lipinski definition) is 5. The molecule has 1 saturated carbocycles. The first kappa shape index (κ1) is 23.3. The average molecular weight is 477 g/mol. The number of benzene rings is 2.